The Morgan fingerprint density at radius 2 is 1.79 bits per heavy atom. The minimum atomic E-state index is -1.21. The quantitative estimate of drug-likeness (QED) is 0.719. The molecule has 0 saturated carbocycles. The van der Waals surface area contributed by atoms with Gasteiger partial charge in [-0.2, -0.15) is 0 Å². The third-order valence-electron chi connectivity index (χ3n) is 2.16. The molecule has 6 nitrogen and oxygen atoms in total. The number of rotatable bonds is 6. The van der Waals surface area contributed by atoms with Gasteiger partial charge in [0.05, 0.1) is 18.6 Å². The Morgan fingerprint density at radius 3 is 2.26 bits per heavy atom. The van der Waals surface area contributed by atoms with E-state index in [0.29, 0.717) is 0 Å². The predicted octanol–water partition coefficient (Wildman–Crippen LogP) is 1.61. The van der Waals surface area contributed by atoms with E-state index in [1.165, 1.54) is 6.92 Å². The summed E-state index contributed by atoms with van der Waals surface area (Å²) in [6.45, 7) is 9.04. The van der Waals surface area contributed by atoms with E-state index in [9.17, 15) is 14.7 Å². The molecule has 1 atom stereocenters. The molecule has 0 saturated heterocycles. The number of esters is 1. The van der Waals surface area contributed by atoms with Gasteiger partial charge in [0, 0.05) is 6.54 Å². The molecule has 0 heterocycles. The maximum Gasteiger partial charge on any atom is 0.407 e. The van der Waals surface area contributed by atoms with Gasteiger partial charge < -0.3 is 19.9 Å². The fraction of sp³-hybridized carbons (Fsp3) is 0.846. The molecule has 0 radical (unpaired) electrons. The molecular formula is C13H25NO5. The number of carbonyl (C=O) groups excluding carboxylic acids is 2. The summed E-state index contributed by atoms with van der Waals surface area (Å²) in [6, 6.07) is 0. The van der Waals surface area contributed by atoms with Crippen molar-refractivity contribution >= 4 is 12.1 Å². The smallest absolute Gasteiger partial charge is 0.407 e. The third kappa shape index (κ3) is 10.3. The average molecular weight is 275 g/mol. The Kier molecular flexibility index (Phi) is 6.83. The first-order chi connectivity index (χ1) is 8.56. The summed E-state index contributed by atoms with van der Waals surface area (Å²) in [5.74, 6) is -0.454. The maximum absolute atomic E-state index is 11.4. The first kappa shape index (κ1) is 17.7. The van der Waals surface area contributed by atoms with Gasteiger partial charge in [-0.3, -0.25) is 4.79 Å². The Bertz CT molecular complexity index is 307. The second-order valence-electron chi connectivity index (χ2n) is 5.66. The van der Waals surface area contributed by atoms with Gasteiger partial charge in [0.15, 0.2) is 0 Å². The van der Waals surface area contributed by atoms with Gasteiger partial charge in [0.1, 0.15) is 5.60 Å². The Labute approximate surface area is 114 Å². The first-order valence-corrected chi connectivity index (χ1v) is 6.40. The molecule has 0 aromatic carbocycles. The molecule has 0 bridgehead atoms. The highest BCUT2D eigenvalue weighted by Crippen LogP contribution is 2.14. The maximum atomic E-state index is 11.4. The zero-order chi connectivity index (χ0) is 15.1. The van der Waals surface area contributed by atoms with Gasteiger partial charge in [-0.15, -0.1) is 0 Å². The van der Waals surface area contributed by atoms with Gasteiger partial charge in [0.2, 0.25) is 0 Å². The van der Waals surface area contributed by atoms with E-state index in [2.05, 4.69) is 5.32 Å². The van der Waals surface area contributed by atoms with Crippen LogP contribution in [0.4, 0.5) is 4.79 Å². The summed E-state index contributed by atoms with van der Waals surface area (Å²) in [5, 5.41) is 12.5. The van der Waals surface area contributed by atoms with E-state index in [4.69, 9.17) is 9.47 Å². The lowest BCUT2D eigenvalue weighted by Gasteiger charge is -2.23. The number of amides is 1. The van der Waals surface area contributed by atoms with Crippen molar-refractivity contribution in [3.63, 3.8) is 0 Å². The number of ether oxygens (including phenoxy) is 2. The van der Waals surface area contributed by atoms with Crippen LogP contribution in [-0.2, 0) is 14.3 Å². The molecule has 112 valence electrons. The number of hydrogen-bond acceptors (Lipinski definition) is 5. The number of hydrogen-bond donors (Lipinski definition) is 2. The fourth-order valence-corrected chi connectivity index (χ4v) is 1.36. The Morgan fingerprint density at radius 1 is 1.21 bits per heavy atom. The monoisotopic (exact) mass is 275 g/mol. The van der Waals surface area contributed by atoms with Crippen molar-refractivity contribution in [2.75, 3.05) is 13.2 Å². The van der Waals surface area contributed by atoms with Crippen LogP contribution in [0, 0.1) is 0 Å². The molecule has 0 rings (SSSR count). The van der Waals surface area contributed by atoms with Crippen LogP contribution in [0.3, 0.4) is 0 Å². The van der Waals surface area contributed by atoms with Gasteiger partial charge in [-0.1, -0.05) is 0 Å². The van der Waals surface area contributed by atoms with E-state index in [1.54, 1.807) is 27.7 Å². The third-order valence-corrected chi connectivity index (χ3v) is 2.16. The zero-order valence-corrected chi connectivity index (χ0v) is 12.4. The molecule has 0 aliphatic rings. The highest BCUT2D eigenvalue weighted by atomic mass is 16.6. The van der Waals surface area contributed by atoms with Crippen molar-refractivity contribution in [1.82, 2.24) is 5.32 Å². The number of nitrogens with one attached hydrogen (secondary N) is 1. The van der Waals surface area contributed by atoms with Crippen molar-refractivity contribution in [3.8, 4) is 0 Å². The van der Waals surface area contributed by atoms with Gasteiger partial charge in [-0.25, -0.2) is 4.79 Å². The van der Waals surface area contributed by atoms with Crippen LogP contribution in [-0.4, -0.2) is 41.5 Å². The largest absolute Gasteiger partial charge is 0.466 e. The van der Waals surface area contributed by atoms with E-state index in [0.717, 1.165) is 0 Å². The van der Waals surface area contributed by atoms with E-state index < -0.39 is 23.3 Å². The van der Waals surface area contributed by atoms with Crippen LogP contribution >= 0.6 is 0 Å². The fourth-order valence-electron chi connectivity index (χ4n) is 1.36. The van der Waals surface area contributed by atoms with Crippen LogP contribution in [0.2, 0.25) is 0 Å². The molecule has 19 heavy (non-hydrogen) atoms. The minimum Gasteiger partial charge on any atom is -0.466 e. The molecule has 0 aromatic heterocycles. The molecule has 0 aromatic rings. The van der Waals surface area contributed by atoms with Crippen LogP contribution in [0.15, 0.2) is 0 Å². The lowest BCUT2D eigenvalue weighted by atomic mass is 9.98. The van der Waals surface area contributed by atoms with Crippen LogP contribution in [0.1, 0.15) is 47.5 Å². The number of alkyl carbamates (subject to hydrolysis) is 1. The van der Waals surface area contributed by atoms with Crippen molar-refractivity contribution in [1.29, 1.82) is 0 Å². The van der Waals surface area contributed by atoms with Gasteiger partial charge in [0.25, 0.3) is 0 Å². The van der Waals surface area contributed by atoms with Gasteiger partial charge >= 0.3 is 12.1 Å². The van der Waals surface area contributed by atoms with Crippen molar-refractivity contribution in [2.24, 2.45) is 0 Å². The lowest BCUT2D eigenvalue weighted by Crippen LogP contribution is -2.37. The van der Waals surface area contributed by atoms with E-state index >= 15 is 0 Å². The van der Waals surface area contributed by atoms with Crippen molar-refractivity contribution in [2.45, 2.75) is 58.7 Å². The van der Waals surface area contributed by atoms with Gasteiger partial charge in [-0.05, 0) is 41.0 Å². The summed E-state index contributed by atoms with van der Waals surface area (Å²) in [6.07, 6.45) is -0.401. The normalized spacial score (nSPS) is 14.4. The molecule has 1 amide bonds. The Hall–Kier alpha value is -1.30. The molecule has 6 heteroatoms. The van der Waals surface area contributed by atoms with Crippen LogP contribution in [0.25, 0.3) is 0 Å². The summed E-state index contributed by atoms with van der Waals surface area (Å²) in [5.41, 5.74) is -1.77. The summed E-state index contributed by atoms with van der Waals surface area (Å²) < 4.78 is 9.81. The molecule has 0 aliphatic carbocycles. The van der Waals surface area contributed by atoms with E-state index in [1.807, 2.05) is 0 Å². The van der Waals surface area contributed by atoms with E-state index in [-0.39, 0.29) is 26.0 Å². The second kappa shape index (κ2) is 7.33. The topological polar surface area (TPSA) is 84.9 Å². The molecular weight excluding hydrogens is 250 g/mol. The highest BCUT2D eigenvalue weighted by Gasteiger charge is 2.25. The number of aliphatic hydroxyl groups is 1. The number of carbonyl (C=O) groups is 2. The first-order valence-electron chi connectivity index (χ1n) is 6.40. The summed E-state index contributed by atoms with van der Waals surface area (Å²) in [7, 11) is 0. The molecule has 0 aliphatic heterocycles. The predicted molar refractivity (Wildman–Crippen MR) is 70.7 cm³/mol. The Balaban J connectivity index is 3.98. The minimum absolute atomic E-state index is 0.100. The molecule has 0 spiro atoms. The second-order valence-corrected chi connectivity index (χ2v) is 5.66. The van der Waals surface area contributed by atoms with Crippen LogP contribution in [0.5, 0.6) is 0 Å². The zero-order valence-electron chi connectivity index (χ0n) is 12.4. The molecule has 1 unspecified atom stereocenters. The SMILES string of the molecule is CCOC(=O)CC(C)(O)CCNC(=O)OC(C)(C)C. The lowest BCUT2D eigenvalue weighted by molar-refractivity contribution is -0.148. The van der Waals surface area contributed by atoms with Crippen molar-refractivity contribution < 1.29 is 24.2 Å². The molecule has 2 N–H and O–H groups in total. The summed E-state index contributed by atoms with van der Waals surface area (Å²) >= 11 is 0. The van der Waals surface area contributed by atoms with Crippen molar-refractivity contribution in [3.05, 3.63) is 0 Å². The highest BCUT2D eigenvalue weighted by molar-refractivity contribution is 5.70. The average Bonchev–Trinajstić information content (AvgIpc) is 2.12. The van der Waals surface area contributed by atoms with Crippen LogP contribution < -0.4 is 5.32 Å². The standard InChI is InChI=1S/C13H25NO5/c1-6-18-10(15)9-13(5,17)7-8-14-11(16)19-12(2,3)4/h17H,6-9H2,1-5H3,(H,14,16). The molecule has 0 fully saturated rings. The summed E-state index contributed by atoms with van der Waals surface area (Å²) in [4.78, 5) is 22.6.